The molecule has 1 fully saturated rings. The Labute approximate surface area is 213 Å². The van der Waals surface area contributed by atoms with E-state index in [0.717, 1.165) is 25.3 Å². The van der Waals surface area contributed by atoms with Crippen molar-refractivity contribution in [2.24, 2.45) is 0 Å². The van der Waals surface area contributed by atoms with E-state index in [1.165, 1.54) is 30.5 Å². The molecule has 3 rings (SSSR count). The van der Waals surface area contributed by atoms with Gasteiger partial charge in [-0.1, -0.05) is 20.8 Å². The van der Waals surface area contributed by atoms with Gasteiger partial charge in [0, 0.05) is 36.6 Å². The Bertz CT molecular complexity index is 1030. The van der Waals surface area contributed by atoms with Crippen molar-refractivity contribution in [3.8, 4) is 5.75 Å². The standard InChI is InChI=1S/C23H29BrClF2N3O3Si/c1-22(2,3)34(4,5)33-18-10-11-30(14-18)20-19(24)12-15(13-28-20)21(31)29-16-6-8-17(9-7-16)32-23(25,26)27/h6-9,12-13,18H,10-11,14H2,1-5H3,(H,29,31). The average molecular weight is 577 g/mol. The SMILES string of the molecule is CC(C)(C)[Si](C)(C)OC1CCN(c2ncc(C(=O)Nc3ccc(OC(F)(F)Cl)cc3)cc2Br)C1. The van der Waals surface area contributed by atoms with E-state index in [9.17, 15) is 13.6 Å². The second kappa shape index (κ2) is 10.1. The van der Waals surface area contributed by atoms with E-state index >= 15 is 0 Å². The van der Waals surface area contributed by atoms with Crippen LogP contribution in [0.1, 0.15) is 37.6 Å². The minimum atomic E-state index is -3.79. The van der Waals surface area contributed by atoms with Gasteiger partial charge in [-0.05, 0) is 70.8 Å². The van der Waals surface area contributed by atoms with Crippen LogP contribution in [0.3, 0.4) is 0 Å². The maximum Gasteiger partial charge on any atom is 0.487 e. The number of amides is 1. The molecule has 0 spiro atoms. The molecule has 1 saturated heterocycles. The van der Waals surface area contributed by atoms with Crippen LogP contribution in [0.25, 0.3) is 0 Å². The fraction of sp³-hybridized carbons (Fsp3) is 0.478. The number of hydrogen-bond donors (Lipinski definition) is 1. The van der Waals surface area contributed by atoms with Gasteiger partial charge in [0.15, 0.2) is 8.32 Å². The quantitative estimate of drug-likeness (QED) is 0.288. The van der Waals surface area contributed by atoms with Crippen LogP contribution in [-0.2, 0) is 4.43 Å². The minimum Gasteiger partial charge on any atom is -0.420 e. The van der Waals surface area contributed by atoms with E-state index in [1.54, 1.807) is 6.07 Å². The maximum atomic E-state index is 12.7. The Balaban J connectivity index is 1.62. The zero-order valence-corrected chi connectivity index (χ0v) is 23.1. The molecule has 34 heavy (non-hydrogen) atoms. The highest BCUT2D eigenvalue weighted by atomic mass is 79.9. The van der Waals surface area contributed by atoms with Gasteiger partial charge in [-0.3, -0.25) is 4.79 Å². The lowest BCUT2D eigenvalue weighted by molar-refractivity contribution is -0.0964. The third kappa shape index (κ3) is 6.90. The summed E-state index contributed by atoms with van der Waals surface area (Å²) in [6.45, 7) is 12.8. The van der Waals surface area contributed by atoms with Gasteiger partial charge in [0.05, 0.1) is 16.1 Å². The van der Waals surface area contributed by atoms with Crippen LogP contribution in [-0.4, -0.2) is 44.0 Å². The van der Waals surface area contributed by atoms with Gasteiger partial charge in [-0.2, -0.15) is 0 Å². The van der Waals surface area contributed by atoms with Crippen molar-refractivity contribution in [2.45, 2.75) is 57.0 Å². The lowest BCUT2D eigenvalue weighted by atomic mass is 10.2. The van der Waals surface area contributed by atoms with Crippen LogP contribution >= 0.6 is 27.5 Å². The van der Waals surface area contributed by atoms with Crippen molar-refractivity contribution in [2.75, 3.05) is 23.3 Å². The summed E-state index contributed by atoms with van der Waals surface area (Å²) in [5.74, 6) is 0.270. The molecule has 0 radical (unpaired) electrons. The number of halogens is 4. The normalized spacial score (nSPS) is 17.1. The number of aromatic nitrogens is 1. The summed E-state index contributed by atoms with van der Waals surface area (Å²) in [7, 11) is -1.85. The van der Waals surface area contributed by atoms with Gasteiger partial charge >= 0.3 is 5.57 Å². The number of benzene rings is 1. The monoisotopic (exact) mass is 575 g/mol. The molecule has 0 saturated carbocycles. The van der Waals surface area contributed by atoms with E-state index in [0.29, 0.717) is 15.7 Å². The number of pyridine rings is 1. The predicted molar refractivity (Wildman–Crippen MR) is 137 cm³/mol. The van der Waals surface area contributed by atoms with Gasteiger partial charge in [0.1, 0.15) is 11.6 Å². The van der Waals surface area contributed by atoms with Gasteiger partial charge in [0.2, 0.25) is 0 Å². The fourth-order valence-electron chi connectivity index (χ4n) is 3.34. The van der Waals surface area contributed by atoms with Crippen LogP contribution in [0.15, 0.2) is 41.0 Å². The number of nitrogens with one attached hydrogen (secondary N) is 1. The summed E-state index contributed by atoms with van der Waals surface area (Å²) >= 11 is 8.30. The number of alkyl halides is 3. The third-order valence-electron chi connectivity index (χ3n) is 6.14. The lowest BCUT2D eigenvalue weighted by Gasteiger charge is -2.38. The largest absolute Gasteiger partial charge is 0.487 e. The van der Waals surface area contributed by atoms with Crippen LogP contribution in [0.5, 0.6) is 5.75 Å². The Morgan fingerprint density at radius 1 is 1.26 bits per heavy atom. The molecule has 1 N–H and O–H groups in total. The molecule has 2 heterocycles. The molecule has 1 atom stereocenters. The minimum absolute atomic E-state index is 0.117. The van der Waals surface area contributed by atoms with E-state index < -0.39 is 13.9 Å². The number of carbonyl (C=O) groups excluding carboxylic acids is 1. The molecular weight excluding hydrogens is 548 g/mol. The first-order chi connectivity index (χ1) is 15.6. The number of nitrogens with zero attached hydrogens (tertiary/aromatic N) is 2. The molecule has 6 nitrogen and oxygen atoms in total. The number of ether oxygens (including phenoxy) is 1. The fourth-order valence-corrected chi connectivity index (χ4v) is 5.41. The van der Waals surface area contributed by atoms with Gasteiger partial charge in [-0.15, -0.1) is 8.78 Å². The molecule has 0 aliphatic carbocycles. The van der Waals surface area contributed by atoms with Crippen molar-refractivity contribution >= 4 is 53.3 Å². The van der Waals surface area contributed by atoms with Crippen molar-refractivity contribution < 1.29 is 22.7 Å². The molecule has 0 bridgehead atoms. The first kappa shape index (κ1) is 26.8. The molecular formula is C23H29BrClF2N3O3Si. The second-order valence-electron chi connectivity index (χ2n) is 9.79. The van der Waals surface area contributed by atoms with Crippen LogP contribution < -0.4 is 15.0 Å². The lowest BCUT2D eigenvalue weighted by Crippen LogP contribution is -2.44. The average Bonchev–Trinajstić information content (AvgIpc) is 3.14. The maximum absolute atomic E-state index is 12.7. The van der Waals surface area contributed by atoms with Gasteiger partial charge in [0.25, 0.3) is 5.91 Å². The Morgan fingerprint density at radius 3 is 2.47 bits per heavy atom. The van der Waals surface area contributed by atoms with Crippen LogP contribution in [0.2, 0.25) is 18.1 Å². The summed E-state index contributed by atoms with van der Waals surface area (Å²) < 4.78 is 37.0. The highest BCUT2D eigenvalue weighted by molar-refractivity contribution is 9.10. The second-order valence-corrected chi connectivity index (χ2v) is 15.8. The molecule has 1 aliphatic rings. The first-order valence-corrected chi connectivity index (χ1v) is 15.0. The van der Waals surface area contributed by atoms with Crippen molar-refractivity contribution in [1.82, 2.24) is 4.98 Å². The molecule has 186 valence electrons. The molecule has 1 unspecified atom stereocenters. The zero-order chi connectivity index (χ0) is 25.3. The number of hydrogen-bond acceptors (Lipinski definition) is 5. The third-order valence-corrected chi connectivity index (χ3v) is 11.3. The Kier molecular flexibility index (Phi) is 7.96. The Morgan fingerprint density at radius 2 is 1.91 bits per heavy atom. The van der Waals surface area contributed by atoms with E-state index in [2.05, 4.69) is 69.7 Å². The predicted octanol–water partition coefficient (Wildman–Crippen LogP) is 6.86. The van der Waals surface area contributed by atoms with Crippen LogP contribution in [0.4, 0.5) is 20.3 Å². The number of rotatable bonds is 7. The van der Waals surface area contributed by atoms with E-state index in [-0.39, 0.29) is 22.8 Å². The highest BCUT2D eigenvalue weighted by Gasteiger charge is 2.40. The highest BCUT2D eigenvalue weighted by Crippen LogP contribution is 2.39. The van der Waals surface area contributed by atoms with E-state index in [1.807, 2.05) is 0 Å². The smallest absolute Gasteiger partial charge is 0.420 e. The van der Waals surface area contributed by atoms with Crippen molar-refractivity contribution in [3.05, 3.63) is 46.6 Å². The van der Waals surface area contributed by atoms with E-state index in [4.69, 9.17) is 16.0 Å². The number of anilines is 2. The molecule has 11 heteroatoms. The zero-order valence-electron chi connectivity index (χ0n) is 19.8. The molecule has 1 amide bonds. The summed E-state index contributed by atoms with van der Waals surface area (Å²) in [6, 6.07) is 7.18. The number of carbonyl (C=O) groups is 1. The summed E-state index contributed by atoms with van der Waals surface area (Å²) in [6.07, 6.45) is 2.60. The summed E-state index contributed by atoms with van der Waals surface area (Å²) in [5.41, 5.74) is -3.02. The van der Waals surface area contributed by atoms with Crippen LogP contribution in [0, 0.1) is 0 Å². The molecule has 1 aromatic heterocycles. The van der Waals surface area contributed by atoms with Crippen molar-refractivity contribution in [3.63, 3.8) is 0 Å². The summed E-state index contributed by atoms with van der Waals surface area (Å²) in [4.78, 5) is 19.3. The Hall–Kier alpha value is -1.75. The molecule has 1 aliphatic heterocycles. The van der Waals surface area contributed by atoms with Gasteiger partial charge in [-0.25, -0.2) is 4.98 Å². The molecule has 1 aromatic carbocycles. The van der Waals surface area contributed by atoms with Crippen molar-refractivity contribution in [1.29, 1.82) is 0 Å². The summed E-state index contributed by atoms with van der Waals surface area (Å²) in [5, 5.41) is 2.86. The first-order valence-electron chi connectivity index (χ1n) is 10.9. The molecule has 2 aromatic rings. The topological polar surface area (TPSA) is 63.7 Å². The van der Waals surface area contributed by atoms with Gasteiger partial charge < -0.3 is 19.4 Å².